The van der Waals surface area contributed by atoms with E-state index in [4.69, 9.17) is 9.47 Å². The Morgan fingerprint density at radius 1 is 1.44 bits per heavy atom. The molecule has 1 atom stereocenters. The fourth-order valence-electron chi connectivity index (χ4n) is 2.68. The number of hydrogen-bond donors (Lipinski definition) is 0. The van der Waals surface area contributed by atoms with Crippen LogP contribution >= 0.6 is 0 Å². The molecule has 3 nitrogen and oxygen atoms in total. The minimum Gasteiger partial charge on any atom is -0.348 e. The summed E-state index contributed by atoms with van der Waals surface area (Å²) in [6, 6.07) is 0. The highest BCUT2D eigenvalue weighted by Crippen LogP contribution is 2.39. The molecule has 3 heteroatoms. The minimum atomic E-state index is -0.332. The van der Waals surface area contributed by atoms with Gasteiger partial charge in [0.05, 0.1) is 13.2 Å². The third kappa shape index (κ3) is 2.53. The Balaban J connectivity index is 2.01. The highest BCUT2D eigenvalue weighted by molar-refractivity contribution is 5.72. The topological polar surface area (TPSA) is 35.5 Å². The molecule has 2 rings (SSSR count). The summed E-state index contributed by atoms with van der Waals surface area (Å²) in [5, 5.41) is 0. The number of aldehydes is 1. The van der Waals surface area contributed by atoms with Gasteiger partial charge in [0.2, 0.25) is 0 Å². The Bertz CT molecular complexity index is 277. The second-order valence-electron chi connectivity index (χ2n) is 4.68. The molecule has 1 saturated carbocycles. The third-order valence-electron chi connectivity index (χ3n) is 3.53. The molecule has 0 amide bonds. The van der Waals surface area contributed by atoms with Crippen molar-refractivity contribution in [3.8, 4) is 0 Å². The van der Waals surface area contributed by atoms with Crippen molar-refractivity contribution in [1.29, 1.82) is 0 Å². The van der Waals surface area contributed by atoms with Crippen LogP contribution in [0.2, 0.25) is 0 Å². The van der Waals surface area contributed by atoms with E-state index >= 15 is 0 Å². The van der Waals surface area contributed by atoms with Gasteiger partial charge in [-0.05, 0) is 30.8 Å². The second kappa shape index (κ2) is 5.11. The van der Waals surface area contributed by atoms with Crippen LogP contribution in [0, 0.1) is 5.92 Å². The highest BCUT2D eigenvalue weighted by atomic mass is 16.7. The molecule has 2 fully saturated rings. The predicted octanol–water partition coefficient (Wildman–Crippen LogP) is 2.46. The van der Waals surface area contributed by atoms with Gasteiger partial charge in [-0.15, -0.1) is 0 Å². The molecule has 1 unspecified atom stereocenters. The Hall–Kier alpha value is -0.670. The first-order valence-electron chi connectivity index (χ1n) is 6.22. The first kappa shape index (κ1) is 11.8. The fourth-order valence-corrected chi connectivity index (χ4v) is 2.68. The summed E-state index contributed by atoms with van der Waals surface area (Å²) in [6.07, 6.45) is 8.07. The van der Waals surface area contributed by atoms with E-state index in [2.05, 4.69) is 6.08 Å². The van der Waals surface area contributed by atoms with E-state index < -0.39 is 0 Å². The van der Waals surface area contributed by atoms with Crippen molar-refractivity contribution in [2.45, 2.75) is 44.8 Å². The summed E-state index contributed by atoms with van der Waals surface area (Å²) >= 11 is 0. The van der Waals surface area contributed by atoms with E-state index in [1.54, 1.807) is 0 Å². The summed E-state index contributed by atoms with van der Waals surface area (Å²) < 4.78 is 11.4. The Morgan fingerprint density at radius 2 is 2.19 bits per heavy atom. The molecular formula is C13H20O3. The van der Waals surface area contributed by atoms with E-state index in [9.17, 15) is 4.79 Å². The standard InChI is InChI=1S/C13H20O3/c1-2-11(10-14)8-12-4-3-5-13(9-12)15-6-7-16-13/h8,10,12H,2-7,9H2,1H3/b11-8+. The first-order valence-corrected chi connectivity index (χ1v) is 6.22. The molecule has 1 heterocycles. The van der Waals surface area contributed by atoms with Crippen molar-refractivity contribution < 1.29 is 14.3 Å². The Morgan fingerprint density at radius 3 is 2.81 bits per heavy atom. The van der Waals surface area contributed by atoms with Crippen LogP contribution < -0.4 is 0 Å². The molecule has 1 spiro atoms. The lowest BCUT2D eigenvalue weighted by Gasteiger charge is -2.35. The van der Waals surface area contributed by atoms with Gasteiger partial charge in [-0.3, -0.25) is 4.79 Å². The molecule has 0 aromatic rings. The quantitative estimate of drug-likeness (QED) is 0.545. The number of hydrogen-bond acceptors (Lipinski definition) is 3. The minimum absolute atomic E-state index is 0.332. The van der Waals surface area contributed by atoms with E-state index in [-0.39, 0.29) is 5.79 Å². The molecule has 0 bridgehead atoms. The highest BCUT2D eigenvalue weighted by Gasteiger charge is 2.40. The maximum absolute atomic E-state index is 10.8. The maximum Gasteiger partial charge on any atom is 0.169 e. The monoisotopic (exact) mass is 224 g/mol. The van der Waals surface area contributed by atoms with E-state index in [1.165, 1.54) is 0 Å². The van der Waals surface area contributed by atoms with Crippen molar-refractivity contribution in [1.82, 2.24) is 0 Å². The molecule has 0 aromatic carbocycles. The molecule has 1 aliphatic carbocycles. The molecule has 1 saturated heterocycles. The Labute approximate surface area is 96.8 Å². The lowest BCUT2D eigenvalue weighted by atomic mass is 9.83. The predicted molar refractivity (Wildman–Crippen MR) is 61.0 cm³/mol. The summed E-state index contributed by atoms with van der Waals surface area (Å²) in [7, 11) is 0. The van der Waals surface area contributed by atoms with Gasteiger partial charge >= 0.3 is 0 Å². The van der Waals surface area contributed by atoms with Crippen LogP contribution in [0.15, 0.2) is 11.6 Å². The van der Waals surface area contributed by atoms with Gasteiger partial charge in [0.15, 0.2) is 5.79 Å². The van der Waals surface area contributed by atoms with Crippen LogP contribution in [-0.4, -0.2) is 25.3 Å². The third-order valence-corrected chi connectivity index (χ3v) is 3.53. The maximum atomic E-state index is 10.8. The molecule has 1 aliphatic heterocycles. The van der Waals surface area contributed by atoms with Crippen molar-refractivity contribution in [2.75, 3.05) is 13.2 Å². The fraction of sp³-hybridized carbons (Fsp3) is 0.769. The molecule has 16 heavy (non-hydrogen) atoms. The van der Waals surface area contributed by atoms with Crippen molar-refractivity contribution in [3.63, 3.8) is 0 Å². The average Bonchev–Trinajstić information content (AvgIpc) is 2.74. The molecule has 0 N–H and O–H groups in total. The summed E-state index contributed by atoms with van der Waals surface area (Å²) in [5.41, 5.74) is 0.903. The number of carbonyl (C=O) groups excluding carboxylic acids is 1. The number of ether oxygens (including phenoxy) is 2. The molecule has 90 valence electrons. The summed E-state index contributed by atoms with van der Waals surface area (Å²) in [4.78, 5) is 10.8. The lowest BCUT2D eigenvalue weighted by molar-refractivity contribution is -0.183. The normalized spacial score (nSPS) is 29.6. The van der Waals surface area contributed by atoms with E-state index in [0.717, 1.165) is 44.0 Å². The van der Waals surface area contributed by atoms with Gasteiger partial charge in [-0.25, -0.2) is 0 Å². The van der Waals surface area contributed by atoms with Gasteiger partial charge in [0, 0.05) is 12.8 Å². The van der Waals surface area contributed by atoms with Gasteiger partial charge in [-0.2, -0.15) is 0 Å². The summed E-state index contributed by atoms with van der Waals surface area (Å²) in [5.74, 6) is 0.105. The van der Waals surface area contributed by atoms with Gasteiger partial charge < -0.3 is 9.47 Å². The van der Waals surface area contributed by atoms with Gasteiger partial charge in [0.25, 0.3) is 0 Å². The SMILES string of the molecule is CC/C(C=O)=C\C1CCCC2(C1)OCCO2. The van der Waals surface area contributed by atoms with Crippen LogP contribution in [-0.2, 0) is 14.3 Å². The van der Waals surface area contributed by atoms with Gasteiger partial charge in [-0.1, -0.05) is 13.0 Å². The number of carbonyl (C=O) groups is 1. The zero-order chi connectivity index (χ0) is 11.4. The number of allylic oxidation sites excluding steroid dienone is 2. The molecule has 0 radical (unpaired) electrons. The van der Waals surface area contributed by atoms with Crippen molar-refractivity contribution >= 4 is 6.29 Å². The van der Waals surface area contributed by atoms with E-state index in [0.29, 0.717) is 19.1 Å². The van der Waals surface area contributed by atoms with Crippen LogP contribution in [0.3, 0.4) is 0 Å². The second-order valence-corrected chi connectivity index (χ2v) is 4.68. The smallest absolute Gasteiger partial charge is 0.169 e. The zero-order valence-corrected chi connectivity index (χ0v) is 9.91. The van der Waals surface area contributed by atoms with Crippen LogP contribution in [0.5, 0.6) is 0 Å². The average molecular weight is 224 g/mol. The van der Waals surface area contributed by atoms with Crippen molar-refractivity contribution in [3.05, 3.63) is 11.6 Å². The van der Waals surface area contributed by atoms with Crippen LogP contribution in [0.4, 0.5) is 0 Å². The van der Waals surface area contributed by atoms with Crippen molar-refractivity contribution in [2.24, 2.45) is 5.92 Å². The van der Waals surface area contributed by atoms with Gasteiger partial charge in [0.1, 0.15) is 6.29 Å². The largest absolute Gasteiger partial charge is 0.348 e. The first-order chi connectivity index (χ1) is 7.78. The molecule has 2 aliphatic rings. The lowest BCUT2D eigenvalue weighted by Crippen LogP contribution is -2.36. The molecular weight excluding hydrogens is 204 g/mol. The van der Waals surface area contributed by atoms with E-state index in [1.807, 2.05) is 6.92 Å². The number of rotatable bonds is 3. The molecule has 0 aromatic heterocycles. The summed E-state index contributed by atoms with van der Waals surface area (Å²) in [6.45, 7) is 3.44. The van der Waals surface area contributed by atoms with Crippen LogP contribution in [0.25, 0.3) is 0 Å². The Kier molecular flexibility index (Phi) is 3.77. The zero-order valence-electron chi connectivity index (χ0n) is 9.91. The van der Waals surface area contributed by atoms with Crippen LogP contribution in [0.1, 0.15) is 39.0 Å².